The Morgan fingerprint density at radius 2 is 2.48 bits per heavy atom. The van der Waals surface area contributed by atoms with Gasteiger partial charge in [-0.1, -0.05) is 0 Å². The molecule has 7 nitrogen and oxygen atoms in total. The van der Waals surface area contributed by atoms with Gasteiger partial charge in [0.25, 0.3) is 11.5 Å². The van der Waals surface area contributed by atoms with Gasteiger partial charge in [0.2, 0.25) is 0 Å². The molecule has 8 heteroatoms. The summed E-state index contributed by atoms with van der Waals surface area (Å²) in [5, 5.41) is 4.49. The molecule has 1 fully saturated rings. The van der Waals surface area contributed by atoms with Crippen LogP contribution >= 0.6 is 11.3 Å². The number of fused-ring (bicyclic) bond motifs is 1. The Balaban J connectivity index is 1.41. The second-order valence-corrected chi connectivity index (χ2v) is 6.23. The fraction of sp³-hybridized carbons (Fsp3) is 0.533. The van der Waals surface area contributed by atoms with E-state index in [4.69, 9.17) is 9.47 Å². The standard InChI is InChI=1S/C15H19N3O4S/c19-13(12-9-17-15-18(14(12)20)5-8-23-15)16-4-2-6-21-10-11-3-1-7-22-11/h5,8-9,11H,1-4,6-7,10H2,(H,16,19). The van der Waals surface area contributed by atoms with E-state index in [1.165, 1.54) is 21.9 Å². The summed E-state index contributed by atoms with van der Waals surface area (Å²) >= 11 is 1.35. The van der Waals surface area contributed by atoms with E-state index in [-0.39, 0.29) is 17.2 Å². The van der Waals surface area contributed by atoms with Crippen LogP contribution in [0.15, 0.2) is 22.6 Å². The van der Waals surface area contributed by atoms with E-state index in [2.05, 4.69) is 10.3 Å². The first kappa shape index (κ1) is 16.1. The predicted octanol–water partition coefficient (Wildman–Crippen LogP) is 1.07. The van der Waals surface area contributed by atoms with Crippen molar-refractivity contribution in [3.05, 3.63) is 33.7 Å². The van der Waals surface area contributed by atoms with Crippen molar-refractivity contribution in [2.24, 2.45) is 0 Å². The number of ether oxygens (including phenoxy) is 2. The largest absolute Gasteiger partial charge is 0.379 e. The van der Waals surface area contributed by atoms with Gasteiger partial charge >= 0.3 is 0 Å². The van der Waals surface area contributed by atoms with Gasteiger partial charge in [-0.05, 0) is 19.3 Å². The SMILES string of the molecule is O=C(NCCCOCC1CCCO1)c1cnc2sccn2c1=O. The maximum Gasteiger partial charge on any atom is 0.271 e. The van der Waals surface area contributed by atoms with Crippen molar-refractivity contribution in [2.45, 2.75) is 25.4 Å². The van der Waals surface area contributed by atoms with Crippen molar-refractivity contribution in [3.63, 3.8) is 0 Å². The number of hydrogen-bond donors (Lipinski definition) is 1. The van der Waals surface area contributed by atoms with Gasteiger partial charge in [0.15, 0.2) is 4.96 Å². The topological polar surface area (TPSA) is 81.9 Å². The highest BCUT2D eigenvalue weighted by molar-refractivity contribution is 7.15. The summed E-state index contributed by atoms with van der Waals surface area (Å²) in [7, 11) is 0. The van der Waals surface area contributed by atoms with Crippen molar-refractivity contribution in [2.75, 3.05) is 26.4 Å². The molecular weight excluding hydrogens is 318 g/mol. The van der Waals surface area contributed by atoms with Crippen LogP contribution in [0.25, 0.3) is 4.96 Å². The molecule has 23 heavy (non-hydrogen) atoms. The number of amides is 1. The van der Waals surface area contributed by atoms with Crippen molar-refractivity contribution in [1.82, 2.24) is 14.7 Å². The zero-order valence-corrected chi connectivity index (χ0v) is 13.5. The van der Waals surface area contributed by atoms with Crippen LogP contribution in [-0.2, 0) is 9.47 Å². The van der Waals surface area contributed by atoms with Crippen molar-refractivity contribution < 1.29 is 14.3 Å². The van der Waals surface area contributed by atoms with Crippen molar-refractivity contribution >= 4 is 22.2 Å². The number of rotatable bonds is 7. The third-order valence-corrected chi connectivity index (χ3v) is 4.44. The summed E-state index contributed by atoms with van der Waals surface area (Å²) in [6.45, 7) is 2.44. The third-order valence-electron chi connectivity index (χ3n) is 3.67. The van der Waals surface area contributed by atoms with E-state index in [9.17, 15) is 9.59 Å². The molecule has 0 saturated carbocycles. The van der Waals surface area contributed by atoms with Gasteiger partial charge in [-0.25, -0.2) is 4.98 Å². The van der Waals surface area contributed by atoms with Gasteiger partial charge in [-0.15, -0.1) is 11.3 Å². The second-order valence-electron chi connectivity index (χ2n) is 5.35. The summed E-state index contributed by atoms with van der Waals surface area (Å²) < 4.78 is 12.4. The minimum Gasteiger partial charge on any atom is -0.379 e. The Hall–Kier alpha value is -1.77. The molecule has 0 bridgehead atoms. The van der Waals surface area contributed by atoms with Crippen LogP contribution in [0, 0.1) is 0 Å². The molecule has 0 radical (unpaired) electrons. The molecule has 3 heterocycles. The maximum absolute atomic E-state index is 12.1. The first-order valence-electron chi connectivity index (χ1n) is 7.68. The first-order chi connectivity index (χ1) is 11.3. The van der Waals surface area contributed by atoms with Crippen LogP contribution in [0.1, 0.15) is 29.6 Å². The molecule has 1 amide bonds. The van der Waals surface area contributed by atoms with Crippen LogP contribution in [0.2, 0.25) is 0 Å². The minimum atomic E-state index is -0.401. The summed E-state index contributed by atoms with van der Waals surface area (Å²) in [5.74, 6) is -0.401. The summed E-state index contributed by atoms with van der Waals surface area (Å²) in [6.07, 6.45) is 6.00. The number of aromatic nitrogens is 2. The fourth-order valence-corrected chi connectivity index (χ4v) is 3.12. The molecule has 1 atom stereocenters. The number of nitrogens with one attached hydrogen (secondary N) is 1. The lowest BCUT2D eigenvalue weighted by molar-refractivity contribution is 0.0166. The Bertz CT molecular complexity index is 721. The minimum absolute atomic E-state index is 0.0566. The second kappa shape index (κ2) is 7.67. The third kappa shape index (κ3) is 3.95. The maximum atomic E-state index is 12.1. The average Bonchev–Trinajstić information content (AvgIpc) is 3.22. The van der Waals surface area contributed by atoms with Crippen molar-refractivity contribution in [3.8, 4) is 0 Å². The number of thiazole rings is 1. The molecule has 3 rings (SSSR count). The summed E-state index contributed by atoms with van der Waals surface area (Å²) in [4.78, 5) is 28.9. The molecule has 0 aromatic carbocycles. The van der Waals surface area contributed by atoms with E-state index in [0.29, 0.717) is 31.1 Å². The lowest BCUT2D eigenvalue weighted by Crippen LogP contribution is -2.32. The van der Waals surface area contributed by atoms with Gasteiger partial charge in [0, 0.05) is 37.5 Å². The first-order valence-corrected chi connectivity index (χ1v) is 8.56. The highest BCUT2D eigenvalue weighted by Crippen LogP contribution is 2.11. The lowest BCUT2D eigenvalue weighted by atomic mass is 10.2. The van der Waals surface area contributed by atoms with Crippen LogP contribution in [0.4, 0.5) is 0 Å². The molecule has 1 saturated heterocycles. The molecule has 2 aromatic rings. The number of carbonyl (C=O) groups excluding carboxylic acids is 1. The van der Waals surface area contributed by atoms with Crippen LogP contribution in [-0.4, -0.2) is 47.8 Å². The van der Waals surface area contributed by atoms with Crippen molar-refractivity contribution in [1.29, 1.82) is 0 Å². The van der Waals surface area contributed by atoms with Gasteiger partial charge in [-0.2, -0.15) is 0 Å². The highest BCUT2D eigenvalue weighted by atomic mass is 32.1. The average molecular weight is 337 g/mol. The molecule has 1 N–H and O–H groups in total. The molecule has 124 valence electrons. The van der Waals surface area contributed by atoms with Gasteiger partial charge in [-0.3, -0.25) is 14.0 Å². The zero-order valence-electron chi connectivity index (χ0n) is 12.7. The monoisotopic (exact) mass is 337 g/mol. The van der Waals surface area contributed by atoms with E-state index in [1.54, 1.807) is 11.6 Å². The Morgan fingerprint density at radius 3 is 3.30 bits per heavy atom. The predicted molar refractivity (Wildman–Crippen MR) is 86.1 cm³/mol. The van der Waals surface area contributed by atoms with Crippen LogP contribution < -0.4 is 10.9 Å². The lowest BCUT2D eigenvalue weighted by Gasteiger charge is -2.10. The molecule has 2 aromatic heterocycles. The molecule has 0 aliphatic carbocycles. The fourth-order valence-electron chi connectivity index (χ4n) is 2.44. The molecule has 1 aliphatic rings. The Morgan fingerprint density at radius 1 is 1.57 bits per heavy atom. The van der Waals surface area contributed by atoms with E-state index in [1.807, 2.05) is 0 Å². The van der Waals surface area contributed by atoms with Crippen LogP contribution in [0.3, 0.4) is 0 Å². The summed E-state index contributed by atoms with van der Waals surface area (Å²) in [5.41, 5.74) is -0.287. The van der Waals surface area contributed by atoms with Crippen LogP contribution in [0.5, 0.6) is 0 Å². The van der Waals surface area contributed by atoms with Gasteiger partial charge in [0.1, 0.15) is 5.56 Å². The van der Waals surface area contributed by atoms with Gasteiger partial charge < -0.3 is 14.8 Å². The van der Waals surface area contributed by atoms with Gasteiger partial charge in [0.05, 0.1) is 12.7 Å². The smallest absolute Gasteiger partial charge is 0.271 e. The normalized spacial score (nSPS) is 17.7. The number of hydrogen-bond acceptors (Lipinski definition) is 6. The molecular formula is C15H19N3O4S. The Kier molecular flexibility index (Phi) is 5.37. The quantitative estimate of drug-likeness (QED) is 0.764. The number of nitrogens with zero attached hydrogens (tertiary/aromatic N) is 2. The number of carbonyl (C=O) groups is 1. The molecule has 0 spiro atoms. The Labute approximate surface area is 137 Å². The van der Waals surface area contributed by atoms with E-state index >= 15 is 0 Å². The van der Waals surface area contributed by atoms with E-state index < -0.39 is 5.91 Å². The molecule has 1 unspecified atom stereocenters. The molecule has 1 aliphatic heterocycles. The summed E-state index contributed by atoms with van der Waals surface area (Å²) in [6, 6.07) is 0. The highest BCUT2D eigenvalue weighted by Gasteiger charge is 2.15. The van der Waals surface area contributed by atoms with E-state index in [0.717, 1.165) is 19.4 Å². The zero-order chi connectivity index (χ0) is 16.1.